The van der Waals surface area contributed by atoms with Gasteiger partial charge in [-0.25, -0.2) is 0 Å². The van der Waals surface area contributed by atoms with Crippen LogP contribution in [0.4, 0.5) is 5.69 Å². The summed E-state index contributed by atoms with van der Waals surface area (Å²) < 4.78 is 28.2. The van der Waals surface area contributed by atoms with Crippen molar-refractivity contribution >= 4 is 15.9 Å². The zero-order valence-electron chi connectivity index (χ0n) is 11.4. The highest BCUT2D eigenvalue weighted by atomic mass is 32.2. The number of nitrogens with two attached hydrogens (primary N) is 1. The van der Waals surface area contributed by atoms with Crippen molar-refractivity contribution in [1.29, 1.82) is 0 Å². The van der Waals surface area contributed by atoms with Gasteiger partial charge in [0.25, 0.3) is 0 Å². The van der Waals surface area contributed by atoms with Crippen LogP contribution in [0.5, 0.6) is 0 Å². The molecular weight excluding hydrogens is 262 g/mol. The molecule has 0 amide bonds. The largest absolute Gasteiger partial charge is 0.330 e. The maximum atomic E-state index is 12.6. The third-order valence-electron chi connectivity index (χ3n) is 3.46. The molecule has 0 spiro atoms. The maximum absolute atomic E-state index is 12.6. The standard InChI is InChI=1S/C13H21N3O2S/c1-11-10-12-6-3-4-7-13(12)16(11)19(17,18)15(2)9-5-8-14/h3-4,6-7,11H,5,8-10,14H2,1-2H3. The van der Waals surface area contributed by atoms with Crippen LogP contribution < -0.4 is 10.0 Å². The lowest BCUT2D eigenvalue weighted by atomic mass is 10.1. The molecule has 1 aromatic rings. The third kappa shape index (κ3) is 2.61. The van der Waals surface area contributed by atoms with Crippen LogP contribution in [0.1, 0.15) is 18.9 Å². The van der Waals surface area contributed by atoms with Gasteiger partial charge in [0.1, 0.15) is 0 Å². The average molecular weight is 283 g/mol. The van der Waals surface area contributed by atoms with Crippen LogP contribution in [0.3, 0.4) is 0 Å². The predicted molar refractivity (Wildman–Crippen MR) is 77.3 cm³/mol. The molecule has 0 saturated heterocycles. The van der Waals surface area contributed by atoms with Gasteiger partial charge in [-0.3, -0.25) is 4.31 Å². The molecular formula is C13H21N3O2S. The van der Waals surface area contributed by atoms with Gasteiger partial charge in [-0.05, 0) is 37.9 Å². The molecule has 0 aromatic heterocycles. The fourth-order valence-electron chi connectivity index (χ4n) is 2.47. The van der Waals surface area contributed by atoms with Crippen molar-refractivity contribution in [3.05, 3.63) is 29.8 Å². The average Bonchev–Trinajstić information content (AvgIpc) is 2.72. The Labute approximate surface area is 115 Å². The zero-order valence-corrected chi connectivity index (χ0v) is 12.2. The van der Waals surface area contributed by atoms with E-state index in [-0.39, 0.29) is 6.04 Å². The second kappa shape index (κ2) is 5.48. The number of nitrogens with zero attached hydrogens (tertiary/aromatic N) is 2. The first-order valence-electron chi connectivity index (χ1n) is 6.52. The zero-order chi connectivity index (χ0) is 14.0. The summed E-state index contributed by atoms with van der Waals surface area (Å²) >= 11 is 0. The van der Waals surface area contributed by atoms with E-state index in [1.54, 1.807) is 7.05 Å². The van der Waals surface area contributed by atoms with Crippen molar-refractivity contribution in [2.24, 2.45) is 5.73 Å². The number of anilines is 1. The maximum Gasteiger partial charge on any atom is 0.304 e. The Morgan fingerprint density at radius 3 is 2.79 bits per heavy atom. The molecule has 6 heteroatoms. The summed E-state index contributed by atoms with van der Waals surface area (Å²) in [6, 6.07) is 7.63. The first-order valence-corrected chi connectivity index (χ1v) is 7.92. The van der Waals surface area contributed by atoms with Crippen molar-refractivity contribution in [2.45, 2.75) is 25.8 Å². The van der Waals surface area contributed by atoms with Crippen LogP contribution in [-0.2, 0) is 16.6 Å². The van der Waals surface area contributed by atoms with E-state index in [4.69, 9.17) is 5.73 Å². The summed E-state index contributed by atoms with van der Waals surface area (Å²) in [5.41, 5.74) is 7.33. The van der Waals surface area contributed by atoms with E-state index in [0.29, 0.717) is 19.5 Å². The Hall–Kier alpha value is -1.11. The fraction of sp³-hybridized carbons (Fsp3) is 0.538. The van der Waals surface area contributed by atoms with Crippen LogP contribution in [-0.4, -0.2) is 38.9 Å². The number of benzene rings is 1. The van der Waals surface area contributed by atoms with Crippen LogP contribution in [0.2, 0.25) is 0 Å². The molecule has 106 valence electrons. The smallest absolute Gasteiger partial charge is 0.304 e. The van der Waals surface area contributed by atoms with Gasteiger partial charge >= 0.3 is 10.2 Å². The van der Waals surface area contributed by atoms with Crippen molar-refractivity contribution in [3.8, 4) is 0 Å². The highest BCUT2D eigenvalue weighted by Crippen LogP contribution is 2.34. The lowest BCUT2D eigenvalue weighted by molar-refractivity contribution is 0.457. The molecule has 0 aliphatic carbocycles. The fourth-order valence-corrected chi connectivity index (χ4v) is 4.08. The highest BCUT2D eigenvalue weighted by Gasteiger charge is 2.36. The second-order valence-corrected chi connectivity index (χ2v) is 6.86. The number of para-hydroxylation sites is 1. The molecule has 1 atom stereocenters. The van der Waals surface area contributed by atoms with E-state index in [2.05, 4.69) is 0 Å². The van der Waals surface area contributed by atoms with Crippen LogP contribution in [0, 0.1) is 0 Å². The Balaban J connectivity index is 2.30. The molecule has 0 fully saturated rings. The van der Waals surface area contributed by atoms with Gasteiger partial charge in [-0.1, -0.05) is 18.2 Å². The van der Waals surface area contributed by atoms with Gasteiger partial charge in [0.05, 0.1) is 5.69 Å². The number of hydrogen-bond donors (Lipinski definition) is 1. The summed E-state index contributed by atoms with van der Waals surface area (Å²) in [7, 11) is -1.85. The van der Waals surface area contributed by atoms with Gasteiger partial charge in [0.2, 0.25) is 0 Å². The van der Waals surface area contributed by atoms with Crippen molar-refractivity contribution in [1.82, 2.24) is 4.31 Å². The van der Waals surface area contributed by atoms with Gasteiger partial charge in [0.15, 0.2) is 0 Å². The molecule has 19 heavy (non-hydrogen) atoms. The summed E-state index contributed by atoms with van der Waals surface area (Å²) in [6.07, 6.45) is 1.43. The molecule has 5 nitrogen and oxygen atoms in total. The third-order valence-corrected chi connectivity index (χ3v) is 5.49. The van der Waals surface area contributed by atoms with E-state index >= 15 is 0 Å². The monoisotopic (exact) mass is 283 g/mol. The second-order valence-electron chi connectivity index (χ2n) is 4.95. The van der Waals surface area contributed by atoms with Crippen molar-refractivity contribution < 1.29 is 8.42 Å². The first-order chi connectivity index (χ1) is 8.98. The Bertz CT molecular complexity index is 545. The molecule has 0 saturated carbocycles. The SMILES string of the molecule is CC1Cc2ccccc2N1S(=O)(=O)N(C)CCCN. The summed E-state index contributed by atoms with van der Waals surface area (Å²) in [6.45, 7) is 2.88. The quantitative estimate of drug-likeness (QED) is 0.875. The normalized spacial score (nSPS) is 18.9. The highest BCUT2D eigenvalue weighted by molar-refractivity contribution is 7.90. The minimum Gasteiger partial charge on any atom is -0.330 e. The van der Waals surface area contributed by atoms with E-state index < -0.39 is 10.2 Å². The Kier molecular flexibility index (Phi) is 4.13. The van der Waals surface area contributed by atoms with Gasteiger partial charge in [-0.15, -0.1) is 0 Å². The first kappa shape index (κ1) is 14.3. The Morgan fingerprint density at radius 1 is 1.42 bits per heavy atom. The minimum atomic E-state index is -3.46. The van der Waals surface area contributed by atoms with Crippen LogP contribution in [0.15, 0.2) is 24.3 Å². The summed E-state index contributed by atoms with van der Waals surface area (Å²) in [5.74, 6) is 0. The molecule has 0 radical (unpaired) electrons. The van der Waals surface area contributed by atoms with E-state index in [1.165, 1.54) is 8.61 Å². The molecule has 0 bridgehead atoms. The van der Waals surface area contributed by atoms with E-state index in [0.717, 1.165) is 17.7 Å². The molecule has 1 aliphatic rings. The topological polar surface area (TPSA) is 66.6 Å². The Morgan fingerprint density at radius 2 is 2.11 bits per heavy atom. The van der Waals surface area contributed by atoms with E-state index in [9.17, 15) is 8.42 Å². The minimum absolute atomic E-state index is 0.0391. The molecule has 1 unspecified atom stereocenters. The molecule has 2 N–H and O–H groups in total. The molecule has 1 aliphatic heterocycles. The van der Waals surface area contributed by atoms with E-state index in [1.807, 2.05) is 31.2 Å². The summed E-state index contributed by atoms with van der Waals surface area (Å²) in [4.78, 5) is 0. The van der Waals surface area contributed by atoms with Gasteiger partial charge in [0, 0.05) is 19.6 Å². The lowest BCUT2D eigenvalue weighted by Gasteiger charge is -2.29. The van der Waals surface area contributed by atoms with Gasteiger partial charge < -0.3 is 5.73 Å². The number of rotatable bonds is 5. The van der Waals surface area contributed by atoms with Gasteiger partial charge in [-0.2, -0.15) is 12.7 Å². The molecule has 1 aromatic carbocycles. The summed E-state index contributed by atoms with van der Waals surface area (Å²) in [5, 5.41) is 0. The predicted octanol–water partition coefficient (Wildman–Crippen LogP) is 0.963. The van der Waals surface area contributed by atoms with Crippen LogP contribution >= 0.6 is 0 Å². The number of hydrogen-bond acceptors (Lipinski definition) is 3. The van der Waals surface area contributed by atoms with Crippen molar-refractivity contribution in [2.75, 3.05) is 24.4 Å². The number of fused-ring (bicyclic) bond motifs is 1. The van der Waals surface area contributed by atoms with Crippen LogP contribution in [0.25, 0.3) is 0 Å². The molecule has 2 rings (SSSR count). The molecule has 1 heterocycles. The lowest BCUT2D eigenvalue weighted by Crippen LogP contribution is -2.45. The van der Waals surface area contributed by atoms with Crippen molar-refractivity contribution in [3.63, 3.8) is 0 Å².